The monoisotopic (exact) mass is 288 g/mol. The smallest absolute Gasteiger partial charge is 0.0686 e. The largest absolute Gasteiger partial charge is 0.375 e. The van der Waals surface area contributed by atoms with Crippen molar-refractivity contribution in [2.24, 2.45) is 5.92 Å². The van der Waals surface area contributed by atoms with Crippen LogP contribution in [0.3, 0.4) is 0 Å². The molecule has 1 aromatic rings. The summed E-state index contributed by atoms with van der Waals surface area (Å²) in [5.41, 5.74) is 2.65. The summed E-state index contributed by atoms with van der Waals surface area (Å²) in [6.45, 7) is 3.05. The first-order chi connectivity index (χ1) is 10.2. The molecule has 2 unspecified atom stereocenters. The second-order valence-corrected chi connectivity index (χ2v) is 6.87. The Balaban J connectivity index is 1.77. The molecule has 3 nitrogen and oxygen atoms in total. The van der Waals surface area contributed by atoms with Gasteiger partial charge in [-0.2, -0.15) is 0 Å². The molecule has 1 aliphatic carbocycles. The van der Waals surface area contributed by atoms with Crippen LogP contribution in [0.25, 0.3) is 0 Å². The first-order valence-electron chi connectivity index (χ1n) is 8.46. The van der Waals surface area contributed by atoms with E-state index in [1.807, 2.05) is 6.20 Å². The highest BCUT2D eigenvalue weighted by molar-refractivity contribution is 5.18. The molecule has 3 heteroatoms. The topological polar surface area (TPSA) is 34.2 Å². The van der Waals surface area contributed by atoms with Crippen molar-refractivity contribution in [3.05, 3.63) is 29.6 Å². The highest BCUT2D eigenvalue weighted by Gasteiger charge is 2.41. The predicted octanol–water partition coefficient (Wildman–Crippen LogP) is 3.78. The summed E-state index contributed by atoms with van der Waals surface area (Å²) in [6.07, 6.45) is 10.8. The number of ether oxygens (including phenoxy) is 1. The van der Waals surface area contributed by atoms with Crippen molar-refractivity contribution in [1.29, 1.82) is 0 Å². The molecule has 1 saturated carbocycles. The predicted molar refractivity (Wildman–Crippen MR) is 85.3 cm³/mol. The van der Waals surface area contributed by atoms with Gasteiger partial charge in [-0.05, 0) is 63.3 Å². The van der Waals surface area contributed by atoms with Crippen LogP contribution in [-0.4, -0.2) is 24.2 Å². The fraction of sp³-hybridized carbons (Fsp3) is 0.722. The summed E-state index contributed by atoms with van der Waals surface area (Å²) in [6, 6.07) is 4.65. The second-order valence-electron chi connectivity index (χ2n) is 6.87. The fourth-order valence-corrected chi connectivity index (χ4v) is 4.25. The van der Waals surface area contributed by atoms with E-state index in [4.69, 9.17) is 4.74 Å². The van der Waals surface area contributed by atoms with Crippen molar-refractivity contribution in [3.8, 4) is 0 Å². The van der Waals surface area contributed by atoms with Gasteiger partial charge in [-0.1, -0.05) is 19.3 Å². The zero-order valence-corrected chi connectivity index (χ0v) is 13.4. The molecule has 2 heterocycles. The number of pyridine rings is 1. The Morgan fingerprint density at radius 1 is 1.33 bits per heavy atom. The third kappa shape index (κ3) is 3.29. The van der Waals surface area contributed by atoms with Gasteiger partial charge in [-0.15, -0.1) is 0 Å². The Kier molecular flexibility index (Phi) is 4.60. The van der Waals surface area contributed by atoms with E-state index in [0.717, 1.165) is 13.0 Å². The molecule has 0 amide bonds. The van der Waals surface area contributed by atoms with Gasteiger partial charge in [0.2, 0.25) is 0 Å². The van der Waals surface area contributed by atoms with E-state index in [1.54, 1.807) is 0 Å². The van der Waals surface area contributed by atoms with Gasteiger partial charge in [0.25, 0.3) is 0 Å². The number of aromatic nitrogens is 1. The molecule has 1 aromatic heterocycles. The van der Waals surface area contributed by atoms with Gasteiger partial charge in [0.15, 0.2) is 0 Å². The van der Waals surface area contributed by atoms with E-state index in [0.29, 0.717) is 12.0 Å². The third-order valence-electron chi connectivity index (χ3n) is 5.33. The molecule has 3 rings (SSSR count). The van der Waals surface area contributed by atoms with Crippen LogP contribution in [0.4, 0.5) is 0 Å². The van der Waals surface area contributed by atoms with Gasteiger partial charge in [-0.3, -0.25) is 4.98 Å². The summed E-state index contributed by atoms with van der Waals surface area (Å²) in [5, 5.41) is 3.52. The molecular formula is C18H28N2O. The number of hydrogen-bond acceptors (Lipinski definition) is 3. The number of hydrogen-bond donors (Lipinski definition) is 1. The highest BCUT2D eigenvalue weighted by atomic mass is 16.5. The average molecular weight is 288 g/mol. The Morgan fingerprint density at radius 3 is 2.86 bits per heavy atom. The molecule has 21 heavy (non-hydrogen) atoms. The van der Waals surface area contributed by atoms with Gasteiger partial charge in [-0.25, -0.2) is 0 Å². The average Bonchev–Trinajstić information content (AvgIpc) is 2.49. The lowest BCUT2D eigenvalue weighted by atomic mass is 9.73. The Labute approximate surface area is 128 Å². The van der Waals surface area contributed by atoms with Crippen LogP contribution in [0.2, 0.25) is 0 Å². The molecule has 0 bridgehead atoms. The lowest BCUT2D eigenvalue weighted by Crippen LogP contribution is -2.44. The van der Waals surface area contributed by atoms with Crippen LogP contribution >= 0.6 is 0 Å². The number of rotatable bonds is 3. The standard InChI is InChI=1S/C18H28N2O/c1-14-6-10-20-16(12-14)17(19-2)15-7-11-21-18(13-15)8-4-3-5-9-18/h6,10,12,15,17,19H,3-5,7-9,11,13H2,1-2H3. The quantitative estimate of drug-likeness (QED) is 0.919. The van der Waals surface area contributed by atoms with E-state index < -0.39 is 0 Å². The maximum Gasteiger partial charge on any atom is 0.0686 e. The van der Waals surface area contributed by atoms with Crippen LogP contribution in [0.5, 0.6) is 0 Å². The zero-order chi connectivity index (χ0) is 14.7. The van der Waals surface area contributed by atoms with Crippen molar-refractivity contribution in [2.75, 3.05) is 13.7 Å². The van der Waals surface area contributed by atoms with Crippen LogP contribution in [-0.2, 0) is 4.74 Å². The molecule has 1 spiro atoms. The first-order valence-corrected chi connectivity index (χ1v) is 8.46. The van der Waals surface area contributed by atoms with E-state index >= 15 is 0 Å². The number of nitrogens with zero attached hydrogens (tertiary/aromatic N) is 1. The molecule has 1 aliphatic heterocycles. The summed E-state index contributed by atoms with van der Waals surface area (Å²) in [5.74, 6) is 0.635. The lowest BCUT2D eigenvalue weighted by Gasteiger charge is -2.45. The zero-order valence-electron chi connectivity index (χ0n) is 13.4. The second kappa shape index (κ2) is 6.45. The number of aryl methyl sites for hydroxylation is 1. The SMILES string of the molecule is CNC(c1cc(C)ccn1)C1CCOC2(CCCCC2)C1. The molecule has 1 N–H and O–H groups in total. The van der Waals surface area contributed by atoms with Crippen molar-refractivity contribution in [2.45, 2.75) is 63.5 Å². The van der Waals surface area contributed by atoms with Gasteiger partial charge in [0, 0.05) is 12.8 Å². The molecule has 2 atom stereocenters. The molecule has 116 valence electrons. The molecular weight excluding hydrogens is 260 g/mol. The summed E-state index contributed by atoms with van der Waals surface area (Å²) >= 11 is 0. The van der Waals surface area contributed by atoms with Crippen molar-refractivity contribution < 1.29 is 4.74 Å². The van der Waals surface area contributed by atoms with Crippen LogP contribution in [0, 0.1) is 12.8 Å². The van der Waals surface area contributed by atoms with Gasteiger partial charge in [0.1, 0.15) is 0 Å². The first kappa shape index (κ1) is 15.0. The van der Waals surface area contributed by atoms with Gasteiger partial charge in [0.05, 0.1) is 17.3 Å². The van der Waals surface area contributed by atoms with E-state index in [-0.39, 0.29) is 5.60 Å². The maximum absolute atomic E-state index is 6.24. The van der Waals surface area contributed by atoms with E-state index in [2.05, 4.69) is 36.4 Å². The van der Waals surface area contributed by atoms with Crippen LogP contribution in [0.1, 0.15) is 62.2 Å². The Hall–Kier alpha value is -0.930. The molecule has 0 aromatic carbocycles. The van der Waals surface area contributed by atoms with Crippen molar-refractivity contribution >= 4 is 0 Å². The fourth-order valence-electron chi connectivity index (χ4n) is 4.25. The minimum Gasteiger partial charge on any atom is -0.375 e. The van der Waals surface area contributed by atoms with Gasteiger partial charge >= 0.3 is 0 Å². The summed E-state index contributed by atoms with van der Waals surface area (Å²) in [4.78, 5) is 4.62. The third-order valence-corrected chi connectivity index (χ3v) is 5.33. The van der Waals surface area contributed by atoms with Crippen LogP contribution < -0.4 is 5.32 Å². The minimum absolute atomic E-state index is 0.167. The Bertz CT molecular complexity index is 463. The highest BCUT2D eigenvalue weighted by Crippen LogP contribution is 2.43. The molecule has 2 fully saturated rings. The van der Waals surface area contributed by atoms with Crippen molar-refractivity contribution in [1.82, 2.24) is 10.3 Å². The number of nitrogens with one attached hydrogen (secondary N) is 1. The molecule has 0 radical (unpaired) electrons. The minimum atomic E-state index is 0.167. The van der Waals surface area contributed by atoms with Crippen LogP contribution in [0.15, 0.2) is 18.3 Å². The van der Waals surface area contributed by atoms with Gasteiger partial charge < -0.3 is 10.1 Å². The van der Waals surface area contributed by atoms with E-state index in [9.17, 15) is 0 Å². The van der Waals surface area contributed by atoms with Crippen molar-refractivity contribution in [3.63, 3.8) is 0 Å². The maximum atomic E-state index is 6.24. The summed E-state index contributed by atoms with van der Waals surface area (Å²) < 4.78 is 6.24. The summed E-state index contributed by atoms with van der Waals surface area (Å²) in [7, 11) is 2.07. The molecule has 2 aliphatic rings. The van der Waals surface area contributed by atoms with E-state index in [1.165, 1.54) is 49.8 Å². The lowest BCUT2D eigenvalue weighted by molar-refractivity contribution is -0.122. The normalized spacial score (nSPS) is 26.7. The molecule has 1 saturated heterocycles. The Morgan fingerprint density at radius 2 is 2.14 bits per heavy atom.